The Morgan fingerprint density at radius 1 is 0.848 bits per heavy atom. The molecule has 0 aliphatic rings. The Kier molecular flexibility index (Phi) is 10.8. The number of hydrogen-bond acceptors (Lipinski definition) is 5. The van der Waals surface area contributed by atoms with Crippen molar-refractivity contribution in [3.05, 3.63) is 96.6 Å². The number of hydrazone groups is 1. The smallest absolute Gasteiger partial charge is 0.166 e. The number of anilines is 2. The molecule has 3 aromatic rings. The number of rotatable bonds is 13. The lowest BCUT2D eigenvalue weighted by Gasteiger charge is -2.27. The van der Waals surface area contributed by atoms with Crippen molar-refractivity contribution < 1.29 is 14.2 Å². The summed E-state index contributed by atoms with van der Waals surface area (Å²) in [5.41, 5.74) is 3.03. The molecule has 3 atom stereocenters. The molecule has 174 valence electrons. The highest BCUT2D eigenvalue weighted by molar-refractivity contribution is 14.1. The molecule has 33 heavy (non-hydrogen) atoms. The van der Waals surface area contributed by atoms with Gasteiger partial charge in [-0.15, -0.1) is 0 Å². The van der Waals surface area contributed by atoms with Gasteiger partial charge in [-0.2, -0.15) is 5.10 Å². The predicted molar refractivity (Wildman–Crippen MR) is 143 cm³/mol. The first-order valence-electron chi connectivity index (χ1n) is 11.1. The van der Waals surface area contributed by atoms with Gasteiger partial charge in [0.2, 0.25) is 0 Å². The van der Waals surface area contributed by atoms with E-state index in [1.807, 2.05) is 116 Å². The Morgan fingerprint density at radius 3 is 1.91 bits per heavy atom. The van der Waals surface area contributed by atoms with Crippen LogP contribution in [0.15, 0.2) is 96.1 Å². The molecular weight excluding hydrogens is 527 g/mol. The minimum Gasteiger partial charge on any atom is -0.365 e. The van der Waals surface area contributed by atoms with Gasteiger partial charge in [0.1, 0.15) is 6.10 Å². The monoisotopic (exact) mass is 558 g/mol. The zero-order valence-corrected chi connectivity index (χ0v) is 21.2. The van der Waals surface area contributed by atoms with Crippen LogP contribution in [-0.4, -0.2) is 35.7 Å². The van der Waals surface area contributed by atoms with Crippen LogP contribution in [0.2, 0.25) is 0 Å². The molecule has 0 aromatic heterocycles. The minimum absolute atomic E-state index is 0.253. The van der Waals surface area contributed by atoms with Crippen molar-refractivity contribution in [1.82, 2.24) is 0 Å². The van der Waals surface area contributed by atoms with Crippen molar-refractivity contribution in [3.63, 3.8) is 0 Å². The first-order chi connectivity index (χ1) is 16.2. The molecule has 0 saturated carbocycles. The maximum absolute atomic E-state index is 6.28. The highest BCUT2D eigenvalue weighted by Crippen LogP contribution is 2.25. The molecule has 0 bridgehead atoms. The fourth-order valence-corrected chi connectivity index (χ4v) is 3.70. The summed E-state index contributed by atoms with van der Waals surface area (Å²) < 4.78 is 18.9. The third-order valence-electron chi connectivity index (χ3n) is 4.92. The highest BCUT2D eigenvalue weighted by Gasteiger charge is 2.22. The van der Waals surface area contributed by atoms with Crippen molar-refractivity contribution in [3.8, 4) is 0 Å². The number of benzene rings is 3. The third-order valence-corrected chi connectivity index (χ3v) is 5.64. The lowest BCUT2D eigenvalue weighted by atomic mass is 10.2. The molecule has 0 fully saturated rings. The lowest BCUT2D eigenvalue weighted by molar-refractivity contribution is -0.170. The van der Waals surface area contributed by atoms with E-state index in [-0.39, 0.29) is 18.5 Å². The fraction of sp³-hybridized carbons (Fsp3) is 0.296. The number of hydrogen-bond donors (Lipinski definition) is 0. The molecule has 0 spiro atoms. The summed E-state index contributed by atoms with van der Waals surface area (Å²) >= 11 is 2.27. The van der Waals surface area contributed by atoms with Gasteiger partial charge in [-0.1, -0.05) is 89.3 Å². The largest absolute Gasteiger partial charge is 0.365 e. The molecule has 0 aliphatic carbocycles. The highest BCUT2D eigenvalue weighted by atomic mass is 127. The zero-order chi connectivity index (χ0) is 23.3. The van der Waals surface area contributed by atoms with Crippen molar-refractivity contribution >= 4 is 40.2 Å². The Balaban J connectivity index is 1.83. The van der Waals surface area contributed by atoms with Crippen LogP contribution >= 0.6 is 22.6 Å². The standard InChI is InChI=1S/C27H31IN2O3/c1-3-31-27(19-28)33-22(2)26(32-21-23-13-7-4-8-14-23)20-29-30(24-15-9-5-10-16-24)25-17-11-6-12-18-25/h4-18,20,22,26-27H,3,19,21H2,1-2H3/b29-20+/t22-,26-,27?/m0/s1. The predicted octanol–water partition coefficient (Wildman–Crippen LogP) is 6.60. The Hall–Kier alpha value is -2.26. The van der Waals surface area contributed by atoms with Gasteiger partial charge in [-0.3, -0.25) is 0 Å². The number of nitrogens with zero attached hydrogens (tertiary/aromatic N) is 2. The first-order valence-corrected chi connectivity index (χ1v) is 12.7. The van der Waals surface area contributed by atoms with Gasteiger partial charge in [0.15, 0.2) is 6.29 Å². The van der Waals surface area contributed by atoms with Crippen molar-refractivity contribution in [2.24, 2.45) is 5.10 Å². The van der Waals surface area contributed by atoms with Crippen LogP contribution in [0.4, 0.5) is 11.4 Å². The van der Waals surface area contributed by atoms with Crippen LogP contribution in [-0.2, 0) is 20.8 Å². The van der Waals surface area contributed by atoms with Gasteiger partial charge in [0.05, 0.1) is 34.7 Å². The van der Waals surface area contributed by atoms with Crippen LogP contribution in [0.1, 0.15) is 19.4 Å². The summed E-state index contributed by atoms with van der Waals surface area (Å²) in [5.74, 6) is 0. The summed E-state index contributed by atoms with van der Waals surface area (Å²) in [6.07, 6.45) is 0.911. The third kappa shape index (κ3) is 8.23. The van der Waals surface area contributed by atoms with Gasteiger partial charge in [0, 0.05) is 6.61 Å². The molecule has 6 heteroatoms. The van der Waals surface area contributed by atoms with E-state index in [9.17, 15) is 0 Å². The van der Waals surface area contributed by atoms with Crippen molar-refractivity contribution in [1.29, 1.82) is 0 Å². The quantitative estimate of drug-likeness (QED) is 0.0780. The van der Waals surface area contributed by atoms with Gasteiger partial charge in [0.25, 0.3) is 0 Å². The van der Waals surface area contributed by atoms with Crippen molar-refractivity contribution in [2.75, 3.05) is 16.0 Å². The minimum atomic E-state index is -0.369. The molecule has 0 saturated heterocycles. The van der Waals surface area contributed by atoms with Crippen LogP contribution in [0, 0.1) is 0 Å². The molecule has 0 heterocycles. The molecule has 1 unspecified atom stereocenters. The Morgan fingerprint density at radius 2 is 1.39 bits per heavy atom. The molecule has 3 rings (SSSR count). The van der Waals surface area contributed by atoms with E-state index >= 15 is 0 Å². The van der Waals surface area contributed by atoms with Gasteiger partial charge in [-0.25, -0.2) is 5.01 Å². The molecule has 5 nitrogen and oxygen atoms in total. The van der Waals surface area contributed by atoms with Crippen LogP contribution < -0.4 is 5.01 Å². The summed E-state index contributed by atoms with van der Waals surface area (Å²) in [5, 5.41) is 6.74. The van der Waals surface area contributed by atoms with Gasteiger partial charge in [-0.05, 0) is 43.7 Å². The number of alkyl halides is 1. The molecule has 0 N–H and O–H groups in total. The second-order valence-electron chi connectivity index (χ2n) is 7.39. The van der Waals surface area contributed by atoms with Crippen LogP contribution in [0.25, 0.3) is 0 Å². The van der Waals surface area contributed by atoms with E-state index in [0.717, 1.165) is 21.4 Å². The lowest BCUT2D eigenvalue weighted by Crippen LogP contribution is -2.36. The molecule has 3 aromatic carbocycles. The second-order valence-corrected chi connectivity index (χ2v) is 8.27. The molecular formula is C27H31IN2O3. The average molecular weight is 558 g/mol. The summed E-state index contributed by atoms with van der Waals surface area (Å²) in [7, 11) is 0. The normalized spacial score (nSPS) is 14.2. The average Bonchev–Trinajstić information content (AvgIpc) is 2.87. The van der Waals surface area contributed by atoms with Crippen LogP contribution in [0.5, 0.6) is 0 Å². The molecule has 0 radical (unpaired) electrons. The SMILES string of the molecule is CCOC(CI)O[C@@H](C)[C@H](/C=N/N(c1ccccc1)c1ccccc1)OCc1ccccc1. The topological polar surface area (TPSA) is 43.3 Å². The number of para-hydroxylation sites is 2. The number of ether oxygens (including phenoxy) is 3. The summed E-state index contributed by atoms with van der Waals surface area (Å²) in [4.78, 5) is 0. The molecule has 0 aliphatic heterocycles. The molecule has 0 amide bonds. The first kappa shape index (κ1) is 25.4. The van der Waals surface area contributed by atoms with E-state index < -0.39 is 0 Å². The maximum atomic E-state index is 6.28. The van der Waals surface area contributed by atoms with Crippen molar-refractivity contribution in [2.45, 2.75) is 39.0 Å². The summed E-state index contributed by atoms with van der Waals surface area (Å²) in [6.45, 7) is 5.02. The Labute approximate surface area is 210 Å². The number of halogens is 1. The second kappa shape index (κ2) is 14.1. The summed E-state index contributed by atoms with van der Waals surface area (Å²) in [6, 6.07) is 30.3. The Bertz CT molecular complexity index is 902. The zero-order valence-electron chi connectivity index (χ0n) is 19.1. The van der Waals surface area contributed by atoms with E-state index in [2.05, 4.69) is 22.6 Å². The van der Waals surface area contributed by atoms with E-state index in [4.69, 9.17) is 19.3 Å². The van der Waals surface area contributed by atoms with Gasteiger partial charge < -0.3 is 14.2 Å². The van der Waals surface area contributed by atoms with Gasteiger partial charge >= 0.3 is 0 Å². The van der Waals surface area contributed by atoms with Crippen LogP contribution in [0.3, 0.4) is 0 Å². The van der Waals surface area contributed by atoms with E-state index in [1.165, 1.54) is 0 Å². The fourth-order valence-electron chi connectivity index (χ4n) is 3.24. The van der Waals surface area contributed by atoms with E-state index in [1.54, 1.807) is 0 Å². The van der Waals surface area contributed by atoms with E-state index in [0.29, 0.717) is 13.2 Å². The maximum Gasteiger partial charge on any atom is 0.166 e.